The molecule has 86 valence electrons. The molecule has 1 unspecified atom stereocenters. The van der Waals surface area contributed by atoms with Gasteiger partial charge >= 0.3 is 5.97 Å². The van der Waals surface area contributed by atoms with Gasteiger partial charge in [0, 0.05) is 18.8 Å². The zero-order valence-electron chi connectivity index (χ0n) is 8.78. The average Bonchev–Trinajstić information content (AvgIpc) is 2.95. The maximum atomic E-state index is 10.7. The van der Waals surface area contributed by atoms with E-state index in [2.05, 4.69) is 10.1 Å². The van der Waals surface area contributed by atoms with E-state index in [0.29, 0.717) is 11.4 Å². The van der Waals surface area contributed by atoms with Gasteiger partial charge in [0.15, 0.2) is 0 Å². The summed E-state index contributed by atoms with van der Waals surface area (Å²) in [6, 6.07) is 5.65. The summed E-state index contributed by atoms with van der Waals surface area (Å²) < 4.78 is 1.85. The molecule has 3 rings (SSSR count). The number of rotatable bonds is 2. The van der Waals surface area contributed by atoms with Crippen LogP contribution >= 0.6 is 0 Å². The first-order valence-electron chi connectivity index (χ1n) is 5.13. The van der Waals surface area contributed by atoms with Crippen LogP contribution in [-0.2, 0) is 9.63 Å². The van der Waals surface area contributed by atoms with Gasteiger partial charge in [-0.3, -0.25) is 0 Å². The fourth-order valence-electron chi connectivity index (χ4n) is 1.73. The molecule has 0 aliphatic carbocycles. The lowest BCUT2D eigenvalue weighted by Crippen LogP contribution is -2.19. The van der Waals surface area contributed by atoms with Crippen LogP contribution in [0.25, 0.3) is 5.65 Å². The van der Waals surface area contributed by atoms with Crippen LogP contribution < -0.4 is 0 Å². The molecule has 0 fully saturated rings. The van der Waals surface area contributed by atoms with E-state index in [9.17, 15) is 4.79 Å². The van der Waals surface area contributed by atoms with Gasteiger partial charge in [-0.15, -0.1) is 0 Å². The highest BCUT2D eigenvalue weighted by Crippen LogP contribution is 2.16. The van der Waals surface area contributed by atoms with Crippen LogP contribution in [-0.4, -0.2) is 32.3 Å². The van der Waals surface area contributed by atoms with Crippen molar-refractivity contribution >= 4 is 17.3 Å². The lowest BCUT2D eigenvalue weighted by molar-refractivity contribution is -0.148. The number of carbonyl (C=O) groups is 1. The molecule has 0 spiro atoms. The van der Waals surface area contributed by atoms with Crippen LogP contribution in [0, 0.1) is 0 Å². The minimum Gasteiger partial charge on any atom is -0.478 e. The lowest BCUT2D eigenvalue weighted by atomic mass is 10.1. The molecule has 1 aliphatic heterocycles. The second-order valence-corrected chi connectivity index (χ2v) is 3.77. The number of hydrogen-bond donors (Lipinski definition) is 1. The summed E-state index contributed by atoms with van der Waals surface area (Å²) in [7, 11) is 0. The third-order valence-electron chi connectivity index (χ3n) is 2.60. The average molecular weight is 231 g/mol. The second-order valence-electron chi connectivity index (χ2n) is 3.77. The van der Waals surface area contributed by atoms with E-state index in [1.165, 1.54) is 0 Å². The normalized spacial score (nSPS) is 19.1. The number of aromatic nitrogens is 2. The molecule has 6 nitrogen and oxygen atoms in total. The topological polar surface area (TPSA) is 76.2 Å². The van der Waals surface area contributed by atoms with E-state index in [-0.39, 0.29) is 6.42 Å². The number of fused-ring (bicyclic) bond motifs is 1. The van der Waals surface area contributed by atoms with Crippen molar-refractivity contribution in [3.63, 3.8) is 0 Å². The summed E-state index contributed by atoms with van der Waals surface area (Å²) >= 11 is 0. The van der Waals surface area contributed by atoms with Crippen molar-refractivity contribution < 1.29 is 14.7 Å². The van der Waals surface area contributed by atoms with Gasteiger partial charge in [0.05, 0.1) is 0 Å². The van der Waals surface area contributed by atoms with Crippen LogP contribution in [0.4, 0.5) is 0 Å². The molecule has 0 saturated heterocycles. The van der Waals surface area contributed by atoms with Crippen molar-refractivity contribution in [1.29, 1.82) is 0 Å². The third kappa shape index (κ3) is 1.63. The third-order valence-corrected chi connectivity index (χ3v) is 2.60. The highest BCUT2D eigenvalue weighted by molar-refractivity contribution is 6.02. The Labute approximate surface area is 96.1 Å². The van der Waals surface area contributed by atoms with Gasteiger partial charge in [-0.1, -0.05) is 11.2 Å². The van der Waals surface area contributed by atoms with Crippen LogP contribution in [0.5, 0.6) is 0 Å². The molecular weight excluding hydrogens is 222 g/mol. The van der Waals surface area contributed by atoms with Gasteiger partial charge in [0.2, 0.25) is 6.10 Å². The first-order valence-corrected chi connectivity index (χ1v) is 5.13. The SMILES string of the molecule is O=C(O)C1CC(c2cn3ccccc3n2)=NO1. The summed E-state index contributed by atoms with van der Waals surface area (Å²) in [6.45, 7) is 0. The largest absolute Gasteiger partial charge is 0.478 e. The predicted octanol–water partition coefficient (Wildman–Crippen LogP) is 0.912. The molecular formula is C11H9N3O3. The maximum Gasteiger partial charge on any atom is 0.348 e. The Morgan fingerprint density at radius 3 is 3.12 bits per heavy atom. The predicted molar refractivity (Wildman–Crippen MR) is 58.9 cm³/mol. The molecule has 0 aromatic carbocycles. The van der Waals surface area contributed by atoms with Gasteiger partial charge in [-0.05, 0) is 12.1 Å². The van der Waals surface area contributed by atoms with E-state index in [1.807, 2.05) is 35.0 Å². The van der Waals surface area contributed by atoms with Crippen LogP contribution in [0.3, 0.4) is 0 Å². The molecule has 0 bridgehead atoms. The van der Waals surface area contributed by atoms with Crippen molar-refractivity contribution in [2.45, 2.75) is 12.5 Å². The van der Waals surface area contributed by atoms with Crippen molar-refractivity contribution in [1.82, 2.24) is 9.38 Å². The van der Waals surface area contributed by atoms with E-state index in [4.69, 9.17) is 9.94 Å². The van der Waals surface area contributed by atoms with E-state index in [0.717, 1.165) is 5.65 Å². The van der Waals surface area contributed by atoms with Crippen LogP contribution in [0.15, 0.2) is 35.7 Å². The summed E-state index contributed by atoms with van der Waals surface area (Å²) in [6.07, 6.45) is 3.03. The fraction of sp³-hybridized carbons (Fsp3) is 0.182. The zero-order chi connectivity index (χ0) is 11.8. The first-order chi connectivity index (χ1) is 8.24. The Balaban J connectivity index is 1.93. The van der Waals surface area contributed by atoms with E-state index in [1.54, 1.807) is 0 Å². The number of carboxylic acid groups (broad SMARTS) is 1. The molecule has 1 aliphatic rings. The molecule has 1 atom stereocenters. The Morgan fingerprint density at radius 1 is 1.53 bits per heavy atom. The Kier molecular flexibility index (Phi) is 2.07. The van der Waals surface area contributed by atoms with E-state index < -0.39 is 12.1 Å². The first kappa shape index (κ1) is 9.83. The standard InChI is InChI=1S/C11H9N3O3/c15-11(16)9-5-7(13-17-9)8-6-14-4-2-1-3-10(14)12-8/h1-4,6,9H,5H2,(H,15,16). The highest BCUT2D eigenvalue weighted by atomic mass is 16.7. The number of pyridine rings is 1. The molecule has 1 N–H and O–H groups in total. The smallest absolute Gasteiger partial charge is 0.348 e. The van der Waals surface area contributed by atoms with Gasteiger partial charge in [0.1, 0.15) is 17.1 Å². The lowest BCUT2D eigenvalue weighted by Gasteiger charge is -1.98. The maximum absolute atomic E-state index is 10.7. The number of nitrogens with zero attached hydrogens (tertiary/aromatic N) is 3. The summed E-state index contributed by atoms with van der Waals surface area (Å²) in [4.78, 5) is 19.9. The quantitative estimate of drug-likeness (QED) is 0.833. The monoisotopic (exact) mass is 231 g/mol. The summed E-state index contributed by atoms with van der Waals surface area (Å²) in [5.74, 6) is -1.01. The number of imidazole rings is 1. The van der Waals surface area contributed by atoms with Crippen molar-refractivity contribution in [2.75, 3.05) is 0 Å². The molecule has 0 radical (unpaired) electrons. The number of hydrogen-bond acceptors (Lipinski definition) is 4. The van der Waals surface area contributed by atoms with Gasteiger partial charge in [-0.25, -0.2) is 9.78 Å². The second kappa shape index (κ2) is 3.58. The fourth-order valence-corrected chi connectivity index (χ4v) is 1.73. The summed E-state index contributed by atoms with van der Waals surface area (Å²) in [5.41, 5.74) is 2.02. The Morgan fingerprint density at radius 2 is 2.41 bits per heavy atom. The van der Waals surface area contributed by atoms with E-state index >= 15 is 0 Å². The van der Waals surface area contributed by atoms with Gasteiger partial charge in [-0.2, -0.15) is 0 Å². The highest BCUT2D eigenvalue weighted by Gasteiger charge is 2.29. The number of aliphatic carboxylic acids is 1. The Bertz CT molecular complexity index is 584. The van der Waals surface area contributed by atoms with Crippen LogP contribution in [0.1, 0.15) is 12.1 Å². The van der Waals surface area contributed by atoms with Crippen molar-refractivity contribution in [3.05, 3.63) is 36.3 Å². The molecule has 17 heavy (non-hydrogen) atoms. The molecule has 2 aromatic rings. The molecule has 3 heterocycles. The van der Waals surface area contributed by atoms with Gasteiger partial charge in [0.25, 0.3) is 0 Å². The summed E-state index contributed by atoms with van der Waals surface area (Å²) in [5, 5.41) is 12.6. The minimum atomic E-state index is -1.01. The number of oxime groups is 1. The van der Waals surface area contributed by atoms with Gasteiger partial charge < -0.3 is 14.3 Å². The zero-order valence-corrected chi connectivity index (χ0v) is 8.78. The van der Waals surface area contributed by atoms with Crippen LogP contribution in [0.2, 0.25) is 0 Å². The molecule has 0 amide bonds. The number of carboxylic acids is 1. The molecule has 2 aromatic heterocycles. The van der Waals surface area contributed by atoms with Crippen molar-refractivity contribution in [2.24, 2.45) is 5.16 Å². The molecule has 0 saturated carbocycles. The minimum absolute atomic E-state index is 0.249. The Hall–Kier alpha value is -2.37. The molecule has 6 heteroatoms. The van der Waals surface area contributed by atoms with Crippen molar-refractivity contribution in [3.8, 4) is 0 Å².